The number of ketones is 1. The second kappa shape index (κ2) is 10.6. The van der Waals surface area contributed by atoms with E-state index in [9.17, 15) is 9.59 Å². The van der Waals surface area contributed by atoms with Crippen molar-refractivity contribution in [2.75, 3.05) is 33.0 Å². The van der Waals surface area contributed by atoms with Crippen LogP contribution in [0.25, 0.3) is 0 Å². The fourth-order valence-corrected chi connectivity index (χ4v) is 0.935. The maximum atomic E-state index is 10.9. The quantitative estimate of drug-likeness (QED) is 0.319. The summed E-state index contributed by atoms with van der Waals surface area (Å²) < 4.78 is 15.1. The van der Waals surface area contributed by atoms with E-state index in [1.54, 1.807) is 0 Å². The normalized spacial score (nSPS) is 10.1. The van der Waals surface area contributed by atoms with E-state index >= 15 is 0 Å². The number of carbonyl (C=O) groups excluding carboxylic acids is 2. The van der Waals surface area contributed by atoms with Gasteiger partial charge in [-0.3, -0.25) is 9.59 Å². The van der Waals surface area contributed by atoms with Crippen molar-refractivity contribution < 1.29 is 23.8 Å². The molecule has 5 nitrogen and oxygen atoms in total. The molecule has 5 heteroatoms. The van der Waals surface area contributed by atoms with Gasteiger partial charge in [0.1, 0.15) is 18.8 Å². The van der Waals surface area contributed by atoms with Crippen LogP contribution in [0.2, 0.25) is 0 Å². The number of rotatable bonds is 10. The van der Waals surface area contributed by atoms with E-state index < -0.39 is 5.97 Å². The zero-order chi connectivity index (χ0) is 12.2. The van der Waals surface area contributed by atoms with Crippen LogP contribution in [0.4, 0.5) is 0 Å². The van der Waals surface area contributed by atoms with E-state index in [1.165, 1.54) is 6.92 Å². The van der Waals surface area contributed by atoms with E-state index in [4.69, 9.17) is 14.2 Å². The Bertz CT molecular complexity index is 203. The molecule has 0 atom stereocenters. The zero-order valence-corrected chi connectivity index (χ0v) is 9.99. The summed E-state index contributed by atoms with van der Waals surface area (Å²) in [6.45, 7) is 5.67. The Morgan fingerprint density at radius 1 is 0.938 bits per heavy atom. The van der Waals surface area contributed by atoms with Crippen LogP contribution < -0.4 is 0 Å². The fourth-order valence-electron chi connectivity index (χ4n) is 0.935. The Morgan fingerprint density at radius 2 is 1.50 bits per heavy atom. The van der Waals surface area contributed by atoms with Crippen LogP contribution >= 0.6 is 0 Å². The van der Waals surface area contributed by atoms with Gasteiger partial charge >= 0.3 is 5.97 Å². The molecule has 0 aromatic rings. The van der Waals surface area contributed by atoms with Gasteiger partial charge in [-0.1, -0.05) is 6.92 Å². The Morgan fingerprint density at radius 3 is 2.06 bits per heavy atom. The minimum Gasteiger partial charge on any atom is -0.463 e. The summed E-state index contributed by atoms with van der Waals surface area (Å²) in [4.78, 5) is 21.4. The summed E-state index contributed by atoms with van der Waals surface area (Å²) in [7, 11) is 0. The van der Waals surface area contributed by atoms with Crippen LogP contribution in [0.1, 0.15) is 26.7 Å². The molecule has 0 unspecified atom stereocenters. The summed E-state index contributed by atoms with van der Waals surface area (Å²) in [5.41, 5.74) is 0. The lowest BCUT2D eigenvalue weighted by molar-refractivity contribution is -0.147. The highest BCUT2D eigenvalue weighted by molar-refractivity contribution is 5.94. The minimum absolute atomic E-state index is 0.167. The maximum Gasteiger partial charge on any atom is 0.313 e. The van der Waals surface area contributed by atoms with Crippen LogP contribution in [0.15, 0.2) is 0 Å². The summed E-state index contributed by atoms with van der Waals surface area (Å²) >= 11 is 0. The Balaban J connectivity index is 3.14. The largest absolute Gasteiger partial charge is 0.463 e. The predicted molar refractivity (Wildman–Crippen MR) is 58.2 cm³/mol. The summed E-state index contributed by atoms with van der Waals surface area (Å²) in [5, 5.41) is 0. The molecular formula is C11H20O5. The molecule has 0 radical (unpaired) electrons. The predicted octanol–water partition coefficient (Wildman–Crippen LogP) is 0.952. The third-order valence-electron chi connectivity index (χ3n) is 1.60. The van der Waals surface area contributed by atoms with Crippen molar-refractivity contribution in [2.24, 2.45) is 0 Å². The highest BCUT2D eigenvalue weighted by Crippen LogP contribution is 1.88. The molecule has 0 saturated heterocycles. The summed E-state index contributed by atoms with van der Waals surface area (Å²) in [6.07, 6.45) is 0.822. The third kappa shape index (κ3) is 11.1. The second-order valence-corrected chi connectivity index (χ2v) is 3.32. The van der Waals surface area contributed by atoms with Crippen molar-refractivity contribution in [1.29, 1.82) is 0 Å². The lowest BCUT2D eigenvalue weighted by Crippen LogP contribution is -2.14. The summed E-state index contributed by atoms with van der Waals surface area (Å²) in [6, 6.07) is 0. The van der Waals surface area contributed by atoms with E-state index in [-0.39, 0.29) is 18.8 Å². The van der Waals surface area contributed by atoms with Crippen molar-refractivity contribution >= 4 is 11.8 Å². The molecule has 0 spiro atoms. The topological polar surface area (TPSA) is 61.8 Å². The number of ether oxygens (including phenoxy) is 3. The SMILES string of the molecule is CCCOCCOCCOC(=O)CC(C)=O. The molecule has 0 aromatic heterocycles. The first-order valence-electron chi connectivity index (χ1n) is 5.47. The van der Waals surface area contributed by atoms with E-state index in [0.29, 0.717) is 19.8 Å². The highest BCUT2D eigenvalue weighted by atomic mass is 16.6. The van der Waals surface area contributed by atoms with Gasteiger partial charge in [0, 0.05) is 6.61 Å². The van der Waals surface area contributed by atoms with Crippen molar-refractivity contribution in [3.63, 3.8) is 0 Å². The molecule has 0 amide bonds. The van der Waals surface area contributed by atoms with Gasteiger partial charge in [-0.15, -0.1) is 0 Å². The molecule has 94 valence electrons. The molecule has 0 aliphatic heterocycles. The monoisotopic (exact) mass is 232 g/mol. The van der Waals surface area contributed by atoms with Crippen molar-refractivity contribution in [1.82, 2.24) is 0 Å². The van der Waals surface area contributed by atoms with Gasteiger partial charge in [-0.05, 0) is 13.3 Å². The van der Waals surface area contributed by atoms with Crippen LogP contribution in [0, 0.1) is 0 Å². The minimum atomic E-state index is -0.502. The van der Waals surface area contributed by atoms with Crippen molar-refractivity contribution in [3.8, 4) is 0 Å². The highest BCUT2D eigenvalue weighted by Gasteiger charge is 2.05. The molecule has 0 heterocycles. The number of Topliss-reactive ketones (excluding diaryl/α,β-unsaturated/α-hetero) is 1. The van der Waals surface area contributed by atoms with Gasteiger partial charge < -0.3 is 14.2 Å². The zero-order valence-electron chi connectivity index (χ0n) is 9.99. The molecule has 0 aromatic carbocycles. The molecule has 0 saturated carbocycles. The average Bonchev–Trinajstić information content (AvgIpc) is 2.21. The number of esters is 1. The van der Waals surface area contributed by atoms with Crippen LogP contribution in [-0.2, 0) is 23.8 Å². The number of hydrogen-bond donors (Lipinski definition) is 0. The Kier molecular flexibility index (Phi) is 9.95. The molecule has 0 aliphatic rings. The molecule has 0 fully saturated rings. The molecule has 0 rings (SSSR count). The van der Waals surface area contributed by atoms with Gasteiger partial charge in [0.25, 0.3) is 0 Å². The van der Waals surface area contributed by atoms with Gasteiger partial charge in [-0.25, -0.2) is 0 Å². The van der Waals surface area contributed by atoms with Crippen LogP contribution in [-0.4, -0.2) is 44.8 Å². The second-order valence-electron chi connectivity index (χ2n) is 3.32. The van der Waals surface area contributed by atoms with Gasteiger partial charge in [-0.2, -0.15) is 0 Å². The van der Waals surface area contributed by atoms with Gasteiger partial charge in [0.2, 0.25) is 0 Å². The summed E-state index contributed by atoms with van der Waals surface area (Å²) in [5.74, 6) is -0.697. The number of hydrogen-bond acceptors (Lipinski definition) is 5. The standard InChI is InChI=1S/C11H20O5/c1-3-4-14-5-6-15-7-8-16-11(13)9-10(2)12/h3-9H2,1-2H3. The van der Waals surface area contributed by atoms with Crippen LogP contribution in [0.3, 0.4) is 0 Å². The lowest BCUT2D eigenvalue weighted by Gasteiger charge is -2.05. The Hall–Kier alpha value is -0.940. The maximum absolute atomic E-state index is 10.9. The molecule has 0 N–H and O–H groups in total. The third-order valence-corrected chi connectivity index (χ3v) is 1.60. The fraction of sp³-hybridized carbons (Fsp3) is 0.818. The van der Waals surface area contributed by atoms with Crippen LogP contribution in [0.5, 0.6) is 0 Å². The number of carbonyl (C=O) groups is 2. The van der Waals surface area contributed by atoms with Crippen molar-refractivity contribution in [2.45, 2.75) is 26.7 Å². The molecule has 0 bridgehead atoms. The van der Waals surface area contributed by atoms with E-state index in [1.807, 2.05) is 6.92 Å². The van der Waals surface area contributed by atoms with Gasteiger partial charge in [0.15, 0.2) is 0 Å². The first-order chi connectivity index (χ1) is 7.66. The van der Waals surface area contributed by atoms with E-state index in [0.717, 1.165) is 13.0 Å². The Labute approximate surface area is 96.1 Å². The molecular weight excluding hydrogens is 212 g/mol. The lowest BCUT2D eigenvalue weighted by atomic mass is 10.3. The van der Waals surface area contributed by atoms with Crippen molar-refractivity contribution in [3.05, 3.63) is 0 Å². The van der Waals surface area contributed by atoms with Gasteiger partial charge in [0.05, 0.1) is 19.8 Å². The molecule has 0 aliphatic carbocycles. The van der Waals surface area contributed by atoms with E-state index in [2.05, 4.69) is 0 Å². The first kappa shape index (κ1) is 15.1. The smallest absolute Gasteiger partial charge is 0.313 e. The molecule has 16 heavy (non-hydrogen) atoms. The average molecular weight is 232 g/mol. The first-order valence-corrected chi connectivity index (χ1v) is 5.47.